The Morgan fingerprint density at radius 3 is 2.72 bits per heavy atom. The summed E-state index contributed by atoms with van der Waals surface area (Å²) in [5, 5.41) is 19.4. The van der Waals surface area contributed by atoms with Crippen LogP contribution in [0.15, 0.2) is 36.7 Å². The number of aromatic nitrogens is 3. The molecule has 2 aromatic rings. The number of nitrogens with zero attached hydrogens (tertiary/aromatic N) is 4. The van der Waals surface area contributed by atoms with Crippen LogP contribution in [0.4, 0.5) is 0 Å². The van der Waals surface area contributed by atoms with Crippen molar-refractivity contribution < 1.29 is 19.5 Å². The molecule has 1 aromatic heterocycles. The Bertz CT molecular complexity index is 760. The Kier molecular flexibility index (Phi) is 5.83. The molecule has 25 heavy (non-hydrogen) atoms. The number of aliphatic carboxylic acids is 1. The maximum Gasteiger partial charge on any atom is 0.326 e. The Labute approximate surface area is 144 Å². The third-order valence-corrected chi connectivity index (χ3v) is 3.59. The van der Waals surface area contributed by atoms with Crippen LogP contribution in [0, 0.1) is 0 Å². The van der Waals surface area contributed by atoms with Gasteiger partial charge in [0.2, 0.25) is 5.91 Å². The normalized spacial score (nSPS) is 11.6. The first kappa shape index (κ1) is 18.1. The van der Waals surface area contributed by atoms with Crippen LogP contribution < -0.4 is 5.32 Å². The number of hydrogen-bond donors (Lipinski definition) is 2. The van der Waals surface area contributed by atoms with Gasteiger partial charge in [-0.15, -0.1) is 5.10 Å². The molecule has 2 amide bonds. The molecule has 0 saturated heterocycles. The second kappa shape index (κ2) is 8.04. The van der Waals surface area contributed by atoms with Gasteiger partial charge in [0.15, 0.2) is 0 Å². The van der Waals surface area contributed by atoms with E-state index in [4.69, 9.17) is 0 Å². The summed E-state index contributed by atoms with van der Waals surface area (Å²) in [6, 6.07) is 5.62. The maximum atomic E-state index is 12.8. The molecule has 1 unspecified atom stereocenters. The van der Waals surface area contributed by atoms with Crippen LogP contribution in [0.1, 0.15) is 24.2 Å². The Morgan fingerprint density at radius 1 is 1.36 bits per heavy atom. The number of carboxylic acid groups (broad SMARTS) is 1. The number of hydrogen-bond acceptors (Lipinski definition) is 5. The predicted octanol–water partition coefficient (Wildman–Crippen LogP) is 0.319. The van der Waals surface area contributed by atoms with Gasteiger partial charge in [-0.3, -0.25) is 9.59 Å². The quantitative estimate of drug-likeness (QED) is 0.746. The topological polar surface area (TPSA) is 117 Å². The molecule has 1 aromatic carbocycles. The van der Waals surface area contributed by atoms with Gasteiger partial charge < -0.3 is 15.3 Å². The van der Waals surface area contributed by atoms with E-state index < -0.39 is 17.9 Å². The van der Waals surface area contributed by atoms with Gasteiger partial charge in [0.1, 0.15) is 6.04 Å². The smallest absolute Gasteiger partial charge is 0.326 e. The van der Waals surface area contributed by atoms with Crippen LogP contribution >= 0.6 is 0 Å². The molecular formula is C16H19N5O4. The number of amides is 2. The SMILES string of the molecule is CC(=O)NCCN(C(=O)c1cccc(-n2ccnn2)c1)C(C)C(=O)O. The number of nitrogens with one attached hydrogen (secondary N) is 1. The first-order valence-electron chi connectivity index (χ1n) is 7.65. The van der Waals surface area contributed by atoms with E-state index in [2.05, 4.69) is 15.6 Å². The van der Waals surface area contributed by atoms with Gasteiger partial charge in [0.05, 0.1) is 18.1 Å². The van der Waals surface area contributed by atoms with Gasteiger partial charge in [-0.1, -0.05) is 11.3 Å². The summed E-state index contributed by atoms with van der Waals surface area (Å²) >= 11 is 0. The van der Waals surface area contributed by atoms with E-state index in [1.165, 1.54) is 29.6 Å². The van der Waals surface area contributed by atoms with E-state index in [1.807, 2.05) is 0 Å². The molecule has 0 spiro atoms. The van der Waals surface area contributed by atoms with Gasteiger partial charge in [0.25, 0.3) is 5.91 Å². The van der Waals surface area contributed by atoms with Gasteiger partial charge in [-0.2, -0.15) is 0 Å². The van der Waals surface area contributed by atoms with Crippen molar-refractivity contribution in [3.8, 4) is 5.69 Å². The largest absolute Gasteiger partial charge is 0.480 e. The molecule has 2 N–H and O–H groups in total. The number of carbonyl (C=O) groups excluding carboxylic acids is 2. The molecular weight excluding hydrogens is 326 g/mol. The molecule has 0 radical (unpaired) electrons. The Balaban J connectivity index is 2.24. The monoisotopic (exact) mass is 345 g/mol. The fourth-order valence-electron chi connectivity index (χ4n) is 2.25. The van der Waals surface area contributed by atoms with Crippen molar-refractivity contribution in [3.05, 3.63) is 42.2 Å². The lowest BCUT2D eigenvalue weighted by Crippen LogP contribution is -2.46. The average Bonchev–Trinajstić information content (AvgIpc) is 3.12. The van der Waals surface area contributed by atoms with E-state index in [0.29, 0.717) is 11.3 Å². The standard InChI is InChI=1S/C16H19N5O4/c1-11(16(24)25)20(8-6-17-12(2)22)15(23)13-4-3-5-14(10-13)21-9-7-18-19-21/h3-5,7,9-11H,6,8H2,1-2H3,(H,17,22)(H,24,25). The van der Waals surface area contributed by atoms with E-state index in [0.717, 1.165) is 0 Å². The lowest BCUT2D eigenvalue weighted by atomic mass is 10.1. The fraction of sp³-hybridized carbons (Fsp3) is 0.312. The molecule has 1 heterocycles. The molecule has 0 bridgehead atoms. The third-order valence-electron chi connectivity index (χ3n) is 3.59. The molecule has 1 atom stereocenters. The minimum absolute atomic E-state index is 0.0828. The van der Waals surface area contributed by atoms with E-state index in [1.54, 1.807) is 30.5 Å². The van der Waals surface area contributed by atoms with Gasteiger partial charge in [-0.25, -0.2) is 9.48 Å². The van der Waals surface area contributed by atoms with E-state index >= 15 is 0 Å². The van der Waals surface area contributed by atoms with Gasteiger partial charge >= 0.3 is 5.97 Å². The summed E-state index contributed by atoms with van der Waals surface area (Å²) in [7, 11) is 0. The average molecular weight is 345 g/mol. The molecule has 9 nitrogen and oxygen atoms in total. The predicted molar refractivity (Wildman–Crippen MR) is 88.2 cm³/mol. The van der Waals surface area contributed by atoms with Crippen molar-refractivity contribution >= 4 is 17.8 Å². The summed E-state index contributed by atoms with van der Waals surface area (Å²) in [5.74, 6) is -1.81. The van der Waals surface area contributed by atoms with Crippen molar-refractivity contribution in [1.29, 1.82) is 0 Å². The summed E-state index contributed by atoms with van der Waals surface area (Å²) in [6.07, 6.45) is 3.15. The van der Waals surface area contributed by atoms with Crippen molar-refractivity contribution in [2.24, 2.45) is 0 Å². The lowest BCUT2D eigenvalue weighted by molar-refractivity contribution is -0.141. The Morgan fingerprint density at radius 2 is 2.12 bits per heavy atom. The van der Waals surface area contributed by atoms with Crippen LogP contribution in [0.5, 0.6) is 0 Å². The van der Waals surface area contributed by atoms with Crippen LogP contribution in [-0.2, 0) is 9.59 Å². The molecule has 0 aliphatic rings. The highest BCUT2D eigenvalue weighted by atomic mass is 16.4. The lowest BCUT2D eigenvalue weighted by Gasteiger charge is -2.26. The Hall–Kier alpha value is -3.23. The van der Waals surface area contributed by atoms with Crippen LogP contribution in [0.25, 0.3) is 5.69 Å². The van der Waals surface area contributed by atoms with Crippen molar-refractivity contribution in [2.45, 2.75) is 19.9 Å². The number of rotatable bonds is 7. The minimum Gasteiger partial charge on any atom is -0.480 e. The number of benzene rings is 1. The highest BCUT2D eigenvalue weighted by Gasteiger charge is 2.26. The summed E-state index contributed by atoms with van der Waals surface area (Å²) in [5.41, 5.74) is 0.956. The molecule has 9 heteroatoms. The molecule has 0 fully saturated rings. The van der Waals surface area contributed by atoms with Crippen molar-refractivity contribution in [3.63, 3.8) is 0 Å². The summed E-state index contributed by atoms with van der Waals surface area (Å²) in [6.45, 7) is 3.03. The molecule has 132 valence electrons. The summed E-state index contributed by atoms with van der Waals surface area (Å²) in [4.78, 5) is 36.3. The third kappa shape index (κ3) is 4.63. The molecule has 0 aliphatic heterocycles. The molecule has 0 aliphatic carbocycles. The number of carboxylic acids is 1. The van der Waals surface area contributed by atoms with Crippen LogP contribution in [-0.4, -0.2) is 61.9 Å². The highest BCUT2D eigenvalue weighted by Crippen LogP contribution is 2.13. The van der Waals surface area contributed by atoms with Gasteiger partial charge in [0, 0.05) is 25.6 Å². The second-order valence-electron chi connectivity index (χ2n) is 5.39. The van der Waals surface area contributed by atoms with Crippen molar-refractivity contribution in [2.75, 3.05) is 13.1 Å². The zero-order chi connectivity index (χ0) is 18.4. The summed E-state index contributed by atoms with van der Waals surface area (Å²) < 4.78 is 1.50. The van der Waals surface area contributed by atoms with E-state index in [9.17, 15) is 19.5 Å². The minimum atomic E-state index is -1.12. The zero-order valence-electron chi connectivity index (χ0n) is 13.9. The van der Waals surface area contributed by atoms with Crippen LogP contribution in [0.2, 0.25) is 0 Å². The first-order chi connectivity index (χ1) is 11.9. The number of carbonyl (C=O) groups is 3. The fourth-order valence-corrected chi connectivity index (χ4v) is 2.25. The zero-order valence-corrected chi connectivity index (χ0v) is 13.9. The molecule has 2 rings (SSSR count). The second-order valence-corrected chi connectivity index (χ2v) is 5.39. The van der Waals surface area contributed by atoms with E-state index in [-0.39, 0.29) is 19.0 Å². The van der Waals surface area contributed by atoms with Crippen LogP contribution in [0.3, 0.4) is 0 Å². The highest BCUT2D eigenvalue weighted by molar-refractivity contribution is 5.97. The maximum absolute atomic E-state index is 12.8. The van der Waals surface area contributed by atoms with Crippen molar-refractivity contribution in [1.82, 2.24) is 25.2 Å². The first-order valence-corrected chi connectivity index (χ1v) is 7.65. The molecule has 0 saturated carbocycles. The van der Waals surface area contributed by atoms with Gasteiger partial charge in [-0.05, 0) is 25.1 Å².